The highest BCUT2D eigenvalue weighted by Crippen LogP contribution is 2.35. The molecular weight excluding hydrogens is 248 g/mol. The predicted molar refractivity (Wildman–Crippen MR) is 71.1 cm³/mol. The van der Waals surface area contributed by atoms with Crippen LogP contribution in [0.2, 0.25) is 0 Å². The maximum Gasteiger partial charge on any atom is 0.354 e. The van der Waals surface area contributed by atoms with Gasteiger partial charge in [0.1, 0.15) is 10.5 Å². The van der Waals surface area contributed by atoms with Gasteiger partial charge in [0.15, 0.2) is 0 Å². The molecule has 0 spiro atoms. The number of fused-ring (bicyclic) bond motifs is 1. The third kappa shape index (κ3) is 2.11. The second-order valence-electron chi connectivity index (χ2n) is 5.03. The summed E-state index contributed by atoms with van der Waals surface area (Å²) in [6.45, 7) is 2.89. The molecular formula is C13H14N2O2S. The highest BCUT2D eigenvalue weighted by atomic mass is 32.1. The van der Waals surface area contributed by atoms with E-state index >= 15 is 0 Å². The topological polar surface area (TPSA) is 62.2 Å². The van der Waals surface area contributed by atoms with Crippen molar-refractivity contribution in [2.24, 2.45) is 0 Å². The average molecular weight is 262 g/mol. The van der Waals surface area contributed by atoms with E-state index in [0.717, 1.165) is 15.8 Å². The van der Waals surface area contributed by atoms with Crippen LogP contribution < -0.4 is 5.32 Å². The Morgan fingerprint density at radius 1 is 1.61 bits per heavy atom. The first-order chi connectivity index (χ1) is 8.57. The van der Waals surface area contributed by atoms with Gasteiger partial charge in [0.25, 0.3) is 0 Å². The van der Waals surface area contributed by atoms with Crippen molar-refractivity contribution in [1.82, 2.24) is 10.3 Å². The summed E-state index contributed by atoms with van der Waals surface area (Å²) in [4.78, 5) is 16.0. The summed E-state index contributed by atoms with van der Waals surface area (Å²) in [7, 11) is 0. The molecule has 2 N–H and O–H groups in total. The van der Waals surface area contributed by atoms with Gasteiger partial charge in [0, 0.05) is 17.5 Å². The number of aromatic nitrogens is 1. The number of aromatic carboxylic acids is 1. The molecule has 4 nitrogen and oxygen atoms in total. The third-order valence-electron chi connectivity index (χ3n) is 3.45. The quantitative estimate of drug-likeness (QED) is 0.889. The minimum absolute atomic E-state index is 0.127. The van der Waals surface area contributed by atoms with Crippen molar-refractivity contribution in [3.63, 3.8) is 0 Å². The number of carbonyl (C=O) groups is 1. The fraction of sp³-hybridized carbons (Fsp3) is 0.385. The van der Waals surface area contributed by atoms with Gasteiger partial charge >= 0.3 is 5.97 Å². The van der Waals surface area contributed by atoms with Gasteiger partial charge in [-0.25, -0.2) is 9.78 Å². The Kier molecular flexibility index (Phi) is 2.60. The molecule has 0 saturated heterocycles. The fourth-order valence-electron chi connectivity index (χ4n) is 1.95. The Labute approximate surface area is 109 Å². The van der Waals surface area contributed by atoms with Crippen LogP contribution in [0.3, 0.4) is 0 Å². The summed E-state index contributed by atoms with van der Waals surface area (Å²) in [5.41, 5.74) is 1.39. The van der Waals surface area contributed by atoms with Crippen LogP contribution in [0.4, 0.5) is 0 Å². The average Bonchev–Trinajstić information content (AvgIpc) is 2.90. The highest BCUT2D eigenvalue weighted by molar-refractivity contribution is 7.16. The highest BCUT2D eigenvalue weighted by Gasteiger charge is 2.36. The van der Waals surface area contributed by atoms with Crippen molar-refractivity contribution >= 4 is 27.5 Å². The molecule has 0 radical (unpaired) electrons. The zero-order valence-corrected chi connectivity index (χ0v) is 10.9. The fourth-order valence-corrected chi connectivity index (χ4v) is 2.76. The number of nitrogens with one attached hydrogen (secondary N) is 1. The van der Waals surface area contributed by atoms with E-state index in [-0.39, 0.29) is 11.2 Å². The van der Waals surface area contributed by atoms with Crippen molar-refractivity contribution in [3.8, 4) is 0 Å². The van der Waals surface area contributed by atoms with Crippen molar-refractivity contribution < 1.29 is 9.90 Å². The number of nitrogens with zero attached hydrogens (tertiary/aromatic N) is 1. The summed E-state index contributed by atoms with van der Waals surface area (Å²) in [5.74, 6) is -0.968. The molecule has 18 heavy (non-hydrogen) atoms. The Bertz CT molecular complexity index is 616. The smallest absolute Gasteiger partial charge is 0.354 e. The van der Waals surface area contributed by atoms with E-state index in [0.29, 0.717) is 6.54 Å². The lowest BCUT2D eigenvalue weighted by Gasteiger charge is -2.12. The molecule has 0 bridgehead atoms. The van der Waals surface area contributed by atoms with Crippen LogP contribution >= 0.6 is 11.3 Å². The molecule has 0 aliphatic heterocycles. The number of carboxylic acid groups (broad SMARTS) is 1. The molecule has 0 atom stereocenters. The normalized spacial score (nSPS) is 16.9. The predicted octanol–water partition coefficient (Wildman–Crippen LogP) is 2.64. The number of hydrogen-bond acceptors (Lipinski definition) is 4. The van der Waals surface area contributed by atoms with E-state index in [9.17, 15) is 4.79 Å². The summed E-state index contributed by atoms with van der Waals surface area (Å²) in [6, 6.07) is 3.68. The molecule has 2 aromatic rings. The number of pyridine rings is 1. The maximum absolute atomic E-state index is 11.1. The van der Waals surface area contributed by atoms with Crippen molar-refractivity contribution in [2.75, 3.05) is 0 Å². The van der Waals surface area contributed by atoms with Gasteiger partial charge in [-0.15, -0.1) is 11.3 Å². The Morgan fingerprint density at radius 2 is 2.39 bits per heavy atom. The van der Waals surface area contributed by atoms with Gasteiger partial charge in [-0.05, 0) is 42.8 Å². The summed E-state index contributed by atoms with van der Waals surface area (Å²) in [6.07, 6.45) is 2.38. The molecule has 3 rings (SSSR count). The zero-order valence-electron chi connectivity index (χ0n) is 10.1. The van der Waals surface area contributed by atoms with Gasteiger partial charge in [-0.2, -0.15) is 0 Å². The summed E-state index contributed by atoms with van der Waals surface area (Å²) >= 11 is 1.48. The molecule has 2 heterocycles. The number of rotatable bonds is 4. The monoisotopic (exact) mass is 262 g/mol. The Morgan fingerprint density at radius 3 is 3.06 bits per heavy atom. The SMILES string of the molecule is CC1(NCc2cc(C(=O)O)nc3sccc23)CC1. The van der Waals surface area contributed by atoms with Crippen LogP contribution in [-0.4, -0.2) is 21.6 Å². The third-order valence-corrected chi connectivity index (χ3v) is 4.26. The van der Waals surface area contributed by atoms with Crippen molar-refractivity contribution in [3.05, 3.63) is 28.8 Å². The van der Waals surface area contributed by atoms with E-state index in [4.69, 9.17) is 5.11 Å². The van der Waals surface area contributed by atoms with E-state index in [1.54, 1.807) is 6.07 Å². The minimum Gasteiger partial charge on any atom is -0.477 e. The van der Waals surface area contributed by atoms with E-state index in [1.807, 2.05) is 11.4 Å². The number of carboxylic acids is 1. The van der Waals surface area contributed by atoms with Crippen molar-refractivity contribution in [1.29, 1.82) is 0 Å². The first-order valence-corrected chi connectivity index (χ1v) is 6.81. The van der Waals surface area contributed by atoms with Gasteiger partial charge in [0.2, 0.25) is 0 Å². The molecule has 0 unspecified atom stereocenters. The first kappa shape index (κ1) is 11.6. The first-order valence-electron chi connectivity index (χ1n) is 5.93. The van der Waals surface area contributed by atoms with Crippen LogP contribution in [0.25, 0.3) is 10.2 Å². The van der Waals surface area contributed by atoms with Gasteiger partial charge in [-0.3, -0.25) is 0 Å². The molecule has 0 aromatic carbocycles. The largest absolute Gasteiger partial charge is 0.477 e. The molecule has 1 fully saturated rings. The molecule has 94 valence electrons. The van der Waals surface area contributed by atoms with Gasteiger partial charge < -0.3 is 10.4 Å². The molecule has 2 aromatic heterocycles. The zero-order chi connectivity index (χ0) is 12.8. The summed E-state index contributed by atoms with van der Waals surface area (Å²) < 4.78 is 0. The molecule has 1 saturated carbocycles. The van der Waals surface area contributed by atoms with Crippen LogP contribution in [-0.2, 0) is 6.54 Å². The minimum atomic E-state index is -0.968. The Hall–Kier alpha value is -1.46. The molecule has 1 aliphatic rings. The molecule has 1 aliphatic carbocycles. The van der Waals surface area contributed by atoms with Gasteiger partial charge in [-0.1, -0.05) is 0 Å². The second kappa shape index (κ2) is 4.03. The van der Waals surface area contributed by atoms with E-state index < -0.39 is 5.97 Å². The lowest BCUT2D eigenvalue weighted by molar-refractivity contribution is 0.0691. The lowest BCUT2D eigenvalue weighted by Crippen LogP contribution is -2.27. The van der Waals surface area contributed by atoms with Gasteiger partial charge in [0.05, 0.1) is 0 Å². The van der Waals surface area contributed by atoms with Crippen LogP contribution in [0, 0.1) is 0 Å². The van der Waals surface area contributed by atoms with Crippen molar-refractivity contribution in [2.45, 2.75) is 31.8 Å². The Balaban J connectivity index is 1.96. The van der Waals surface area contributed by atoms with E-state index in [2.05, 4.69) is 17.2 Å². The maximum atomic E-state index is 11.1. The van der Waals surface area contributed by atoms with Crippen LogP contribution in [0.5, 0.6) is 0 Å². The summed E-state index contributed by atoms with van der Waals surface area (Å²) in [5, 5.41) is 15.6. The molecule has 5 heteroatoms. The second-order valence-corrected chi connectivity index (χ2v) is 5.92. The number of hydrogen-bond donors (Lipinski definition) is 2. The molecule has 0 amide bonds. The standard InChI is InChI=1S/C13H14N2O2S/c1-13(3-4-13)14-7-8-6-10(12(16)17)15-11-9(8)2-5-18-11/h2,5-6,14H,3-4,7H2,1H3,(H,16,17). The number of thiophene rings is 1. The van der Waals surface area contributed by atoms with Crippen LogP contribution in [0.15, 0.2) is 17.5 Å². The van der Waals surface area contributed by atoms with E-state index in [1.165, 1.54) is 24.2 Å². The lowest BCUT2D eigenvalue weighted by atomic mass is 10.1. The van der Waals surface area contributed by atoms with Crippen LogP contribution in [0.1, 0.15) is 35.8 Å².